The van der Waals surface area contributed by atoms with Crippen LogP contribution in [0.4, 0.5) is 5.69 Å². The third-order valence-electron chi connectivity index (χ3n) is 2.59. The monoisotopic (exact) mass is 211 g/mol. The molecule has 2 aromatic rings. The van der Waals surface area contributed by atoms with Gasteiger partial charge in [0.15, 0.2) is 0 Å². The molecule has 16 heavy (non-hydrogen) atoms. The normalized spacial score (nSPS) is 10.1. The predicted molar refractivity (Wildman–Crippen MR) is 66.7 cm³/mol. The van der Waals surface area contributed by atoms with Crippen LogP contribution in [-0.4, -0.2) is 11.2 Å². The predicted octanol–water partition coefficient (Wildman–Crippen LogP) is 2.64. The Morgan fingerprint density at radius 1 is 1.31 bits per heavy atom. The molecule has 0 radical (unpaired) electrons. The van der Waals surface area contributed by atoms with Gasteiger partial charge in [0.25, 0.3) is 0 Å². The molecule has 3 heteroatoms. The SMILES string of the molecule is Cc1ccncc1-c1ccc(N)c(C=N)c1. The van der Waals surface area contributed by atoms with E-state index in [1.54, 1.807) is 6.20 Å². The summed E-state index contributed by atoms with van der Waals surface area (Å²) in [4.78, 5) is 4.11. The van der Waals surface area contributed by atoms with E-state index < -0.39 is 0 Å². The summed E-state index contributed by atoms with van der Waals surface area (Å²) in [7, 11) is 0. The van der Waals surface area contributed by atoms with Crippen LogP contribution in [0.5, 0.6) is 0 Å². The molecule has 0 aliphatic heterocycles. The van der Waals surface area contributed by atoms with Gasteiger partial charge < -0.3 is 11.1 Å². The molecule has 0 aliphatic rings. The van der Waals surface area contributed by atoms with Gasteiger partial charge in [0.1, 0.15) is 0 Å². The number of aryl methyl sites for hydroxylation is 1. The standard InChI is InChI=1S/C13H13N3/c1-9-4-5-16-8-12(9)10-2-3-13(15)11(6-10)7-14/h2-8,14H,15H2,1H3. The molecular weight excluding hydrogens is 198 g/mol. The molecule has 0 aliphatic carbocycles. The molecule has 0 spiro atoms. The van der Waals surface area contributed by atoms with Crippen molar-refractivity contribution in [3.63, 3.8) is 0 Å². The number of benzene rings is 1. The summed E-state index contributed by atoms with van der Waals surface area (Å²) in [5, 5.41) is 7.28. The maximum atomic E-state index is 7.28. The number of nitrogens with two attached hydrogens (primary N) is 1. The summed E-state index contributed by atoms with van der Waals surface area (Å²) in [6.45, 7) is 2.04. The summed E-state index contributed by atoms with van der Waals surface area (Å²) < 4.78 is 0. The topological polar surface area (TPSA) is 62.8 Å². The Kier molecular flexibility index (Phi) is 2.68. The first-order valence-corrected chi connectivity index (χ1v) is 5.03. The first-order chi connectivity index (χ1) is 7.72. The number of anilines is 1. The van der Waals surface area contributed by atoms with E-state index in [0.717, 1.165) is 22.3 Å². The summed E-state index contributed by atoms with van der Waals surface area (Å²) in [6.07, 6.45) is 4.87. The molecule has 0 amide bonds. The molecule has 0 atom stereocenters. The number of nitrogens with one attached hydrogen (secondary N) is 1. The number of nitrogen functional groups attached to an aromatic ring is 1. The molecule has 1 aromatic carbocycles. The average Bonchev–Trinajstić information content (AvgIpc) is 2.31. The Balaban J connectivity index is 2.57. The number of rotatable bonds is 2. The van der Waals surface area contributed by atoms with Gasteiger partial charge in [-0.2, -0.15) is 0 Å². The maximum absolute atomic E-state index is 7.28. The van der Waals surface area contributed by atoms with Crippen LogP contribution in [0.1, 0.15) is 11.1 Å². The van der Waals surface area contributed by atoms with Gasteiger partial charge in [0.05, 0.1) is 0 Å². The third kappa shape index (κ3) is 1.80. The third-order valence-corrected chi connectivity index (χ3v) is 2.59. The van der Waals surface area contributed by atoms with Crippen molar-refractivity contribution in [2.45, 2.75) is 6.92 Å². The molecule has 1 heterocycles. The summed E-state index contributed by atoms with van der Waals surface area (Å²) >= 11 is 0. The lowest BCUT2D eigenvalue weighted by atomic mass is 10.0. The van der Waals surface area contributed by atoms with E-state index in [4.69, 9.17) is 11.1 Å². The first kappa shape index (κ1) is 10.4. The van der Waals surface area contributed by atoms with E-state index in [-0.39, 0.29) is 0 Å². The number of hydrogen-bond donors (Lipinski definition) is 2. The van der Waals surface area contributed by atoms with E-state index in [2.05, 4.69) is 4.98 Å². The summed E-state index contributed by atoms with van der Waals surface area (Å²) in [5.41, 5.74) is 10.4. The molecule has 0 fully saturated rings. The van der Waals surface area contributed by atoms with Crippen molar-refractivity contribution >= 4 is 11.9 Å². The van der Waals surface area contributed by atoms with Crippen molar-refractivity contribution in [3.05, 3.63) is 47.8 Å². The van der Waals surface area contributed by atoms with Crippen LogP contribution in [0.3, 0.4) is 0 Å². The van der Waals surface area contributed by atoms with Gasteiger partial charge in [0.2, 0.25) is 0 Å². The van der Waals surface area contributed by atoms with Gasteiger partial charge in [-0.25, -0.2) is 0 Å². The average molecular weight is 211 g/mol. The lowest BCUT2D eigenvalue weighted by molar-refractivity contribution is 1.29. The van der Waals surface area contributed by atoms with Gasteiger partial charge >= 0.3 is 0 Å². The molecule has 0 saturated heterocycles. The quantitative estimate of drug-likeness (QED) is 0.592. The van der Waals surface area contributed by atoms with Crippen molar-refractivity contribution in [2.75, 3.05) is 5.73 Å². The highest BCUT2D eigenvalue weighted by molar-refractivity contribution is 5.87. The van der Waals surface area contributed by atoms with E-state index in [0.29, 0.717) is 5.69 Å². The first-order valence-electron chi connectivity index (χ1n) is 5.03. The minimum absolute atomic E-state index is 0.625. The van der Waals surface area contributed by atoms with Crippen LogP contribution in [0.15, 0.2) is 36.7 Å². The van der Waals surface area contributed by atoms with Crippen LogP contribution < -0.4 is 5.73 Å². The van der Waals surface area contributed by atoms with Gasteiger partial charge in [-0.1, -0.05) is 6.07 Å². The van der Waals surface area contributed by atoms with Crippen molar-refractivity contribution < 1.29 is 0 Å². The Bertz CT molecular complexity index is 532. The fraction of sp³-hybridized carbons (Fsp3) is 0.0769. The highest BCUT2D eigenvalue weighted by Gasteiger charge is 2.03. The largest absolute Gasteiger partial charge is 0.398 e. The Morgan fingerprint density at radius 3 is 2.81 bits per heavy atom. The molecule has 2 rings (SSSR count). The minimum Gasteiger partial charge on any atom is -0.398 e. The number of hydrogen-bond acceptors (Lipinski definition) is 3. The second kappa shape index (κ2) is 4.14. The zero-order chi connectivity index (χ0) is 11.5. The zero-order valence-corrected chi connectivity index (χ0v) is 9.07. The highest BCUT2D eigenvalue weighted by atomic mass is 14.6. The lowest BCUT2D eigenvalue weighted by Crippen LogP contribution is -1.94. The summed E-state index contributed by atoms with van der Waals surface area (Å²) in [6, 6.07) is 7.65. The van der Waals surface area contributed by atoms with Gasteiger partial charge in [-0.05, 0) is 36.2 Å². The van der Waals surface area contributed by atoms with Gasteiger partial charge in [-0.15, -0.1) is 0 Å². The Labute approximate surface area is 94.5 Å². The number of pyridine rings is 1. The van der Waals surface area contributed by atoms with Gasteiger partial charge in [-0.3, -0.25) is 4.98 Å². The molecule has 80 valence electrons. The Morgan fingerprint density at radius 2 is 2.12 bits per heavy atom. The van der Waals surface area contributed by atoms with Crippen LogP contribution in [0.25, 0.3) is 11.1 Å². The molecule has 3 N–H and O–H groups in total. The molecule has 0 unspecified atom stereocenters. The van der Waals surface area contributed by atoms with Crippen molar-refractivity contribution in [1.29, 1.82) is 5.41 Å². The van der Waals surface area contributed by atoms with Crippen LogP contribution >= 0.6 is 0 Å². The number of aromatic nitrogens is 1. The van der Waals surface area contributed by atoms with Crippen molar-refractivity contribution in [1.82, 2.24) is 4.98 Å². The second-order valence-corrected chi connectivity index (χ2v) is 3.68. The van der Waals surface area contributed by atoms with E-state index >= 15 is 0 Å². The van der Waals surface area contributed by atoms with Gasteiger partial charge in [0, 0.05) is 35.4 Å². The van der Waals surface area contributed by atoms with E-state index in [9.17, 15) is 0 Å². The zero-order valence-electron chi connectivity index (χ0n) is 9.07. The number of nitrogens with zero attached hydrogens (tertiary/aromatic N) is 1. The highest BCUT2D eigenvalue weighted by Crippen LogP contribution is 2.24. The second-order valence-electron chi connectivity index (χ2n) is 3.68. The van der Waals surface area contributed by atoms with E-state index in [1.165, 1.54) is 6.21 Å². The maximum Gasteiger partial charge on any atom is 0.0403 e. The minimum atomic E-state index is 0.625. The smallest absolute Gasteiger partial charge is 0.0403 e. The molecule has 0 saturated carbocycles. The molecular formula is C13H13N3. The fourth-order valence-corrected chi connectivity index (χ4v) is 1.63. The van der Waals surface area contributed by atoms with Crippen LogP contribution in [-0.2, 0) is 0 Å². The van der Waals surface area contributed by atoms with Crippen LogP contribution in [0, 0.1) is 12.3 Å². The van der Waals surface area contributed by atoms with E-state index in [1.807, 2.05) is 37.4 Å². The fourth-order valence-electron chi connectivity index (χ4n) is 1.63. The molecule has 3 nitrogen and oxygen atoms in total. The summed E-state index contributed by atoms with van der Waals surface area (Å²) in [5.74, 6) is 0. The Hall–Kier alpha value is -2.16. The van der Waals surface area contributed by atoms with Crippen molar-refractivity contribution in [2.24, 2.45) is 0 Å². The molecule has 1 aromatic heterocycles. The van der Waals surface area contributed by atoms with Crippen LogP contribution in [0.2, 0.25) is 0 Å². The lowest BCUT2D eigenvalue weighted by Gasteiger charge is -2.07. The molecule has 0 bridgehead atoms. The van der Waals surface area contributed by atoms with Crippen molar-refractivity contribution in [3.8, 4) is 11.1 Å².